The van der Waals surface area contributed by atoms with Crippen molar-refractivity contribution >= 4 is 21.7 Å². The van der Waals surface area contributed by atoms with Gasteiger partial charge in [-0.05, 0) is 97.4 Å². The van der Waals surface area contributed by atoms with Crippen molar-refractivity contribution in [2.24, 2.45) is 24.8 Å². The second-order valence-electron chi connectivity index (χ2n) is 12.0. The summed E-state index contributed by atoms with van der Waals surface area (Å²) in [5, 5.41) is 3.99. The lowest BCUT2D eigenvalue weighted by molar-refractivity contribution is -0.633. The van der Waals surface area contributed by atoms with E-state index in [1.165, 1.54) is 80.9 Å². The number of pyridine rings is 1. The minimum Gasteiger partial charge on any atom is -0.449 e. The van der Waals surface area contributed by atoms with Crippen molar-refractivity contribution in [1.82, 2.24) is 0 Å². The predicted molar refractivity (Wildman–Crippen MR) is 144 cm³/mol. The SMILES string of the molecule is Cc1cc2cc(CC(C)C)cc3c2c(c1C)-c1c(c(C2CC4CCC2C4)c2ccccc2[n+]1C)O3. The molecule has 1 aromatic heterocycles. The van der Waals surface area contributed by atoms with E-state index in [2.05, 4.69) is 81.8 Å². The summed E-state index contributed by atoms with van der Waals surface area (Å²) in [4.78, 5) is 0. The lowest BCUT2D eigenvalue weighted by Gasteiger charge is -2.29. The van der Waals surface area contributed by atoms with Crippen LogP contribution in [-0.2, 0) is 13.5 Å². The number of hydrogen-bond acceptors (Lipinski definition) is 1. The quantitative estimate of drug-likeness (QED) is 0.246. The molecule has 0 radical (unpaired) electrons. The highest BCUT2D eigenvalue weighted by Crippen LogP contribution is 2.59. The van der Waals surface area contributed by atoms with Gasteiger partial charge in [0.1, 0.15) is 12.8 Å². The second kappa shape index (κ2) is 7.56. The smallest absolute Gasteiger partial charge is 0.257 e. The first kappa shape index (κ1) is 21.4. The number of ether oxygens (including phenoxy) is 1. The van der Waals surface area contributed by atoms with Crippen molar-refractivity contribution in [3.63, 3.8) is 0 Å². The standard InChI is InChI=1S/C33H36NO/c1-18(2)12-22-15-24-13-19(3)20(4)29-30(24)28(17-22)35-33-31(26-16-21-10-11-23(26)14-21)25-8-6-7-9-27(25)34(5)32(29)33/h6-9,13,15,17-18,21,23,26H,10-12,14,16H2,1-5H3/q+1. The molecule has 3 aliphatic rings. The van der Waals surface area contributed by atoms with Crippen LogP contribution in [0.2, 0.25) is 0 Å². The molecule has 3 aromatic carbocycles. The summed E-state index contributed by atoms with van der Waals surface area (Å²) in [6.07, 6.45) is 6.59. The lowest BCUT2D eigenvalue weighted by atomic mass is 9.79. The number of hydrogen-bond donors (Lipinski definition) is 0. The van der Waals surface area contributed by atoms with Crippen LogP contribution in [0.15, 0.2) is 42.5 Å². The normalized spacial score (nSPS) is 22.3. The van der Waals surface area contributed by atoms with Crippen LogP contribution < -0.4 is 9.30 Å². The van der Waals surface area contributed by atoms with Crippen LogP contribution in [0, 0.1) is 31.6 Å². The fourth-order valence-electron chi connectivity index (χ4n) is 7.75. The minimum atomic E-state index is 0.606. The largest absolute Gasteiger partial charge is 0.449 e. The predicted octanol–water partition coefficient (Wildman–Crippen LogP) is 8.31. The first-order valence-corrected chi connectivity index (χ1v) is 13.6. The van der Waals surface area contributed by atoms with Crippen molar-refractivity contribution in [3.05, 3.63) is 64.7 Å². The molecule has 0 spiro atoms. The molecule has 2 saturated carbocycles. The fraction of sp³-hybridized carbons (Fsp3) is 0.424. The maximum Gasteiger partial charge on any atom is 0.257 e. The molecule has 0 saturated heterocycles. The molecule has 2 heteroatoms. The highest BCUT2D eigenvalue weighted by molar-refractivity contribution is 6.06. The van der Waals surface area contributed by atoms with E-state index in [0.717, 1.165) is 29.8 Å². The number of fused-ring (bicyclic) bond motifs is 5. The van der Waals surface area contributed by atoms with E-state index < -0.39 is 0 Å². The number of aryl methyl sites for hydroxylation is 2. The van der Waals surface area contributed by atoms with Crippen LogP contribution >= 0.6 is 0 Å². The summed E-state index contributed by atoms with van der Waals surface area (Å²) in [6, 6.07) is 16.1. The monoisotopic (exact) mass is 462 g/mol. The van der Waals surface area contributed by atoms with Gasteiger partial charge in [0.05, 0.1) is 10.9 Å². The van der Waals surface area contributed by atoms with Gasteiger partial charge in [-0.3, -0.25) is 0 Å². The topological polar surface area (TPSA) is 13.1 Å². The second-order valence-corrected chi connectivity index (χ2v) is 12.0. The van der Waals surface area contributed by atoms with Gasteiger partial charge in [-0.25, -0.2) is 0 Å². The van der Waals surface area contributed by atoms with E-state index >= 15 is 0 Å². The molecule has 3 atom stereocenters. The van der Waals surface area contributed by atoms with Crippen LogP contribution in [0.25, 0.3) is 32.9 Å². The van der Waals surface area contributed by atoms with Gasteiger partial charge < -0.3 is 4.74 Å². The molecule has 2 bridgehead atoms. The highest BCUT2D eigenvalue weighted by Gasteiger charge is 2.45. The number of para-hydroxylation sites is 1. The fourth-order valence-corrected chi connectivity index (χ4v) is 7.75. The van der Waals surface area contributed by atoms with Gasteiger partial charge in [0.2, 0.25) is 11.3 Å². The van der Waals surface area contributed by atoms with Gasteiger partial charge in [-0.1, -0.05) is 44.5 Å². The van der Waals surface area contributed by atoms with Crippen molar-refractivity contribution in [1.29, 1.82) is 0 Å². The first-order chi connectivity index (χ1) is 16.9. The van der Waals surface area contributed by atoms with Crippen molar-refractivity contribution in [2.75, 3.05) is 0 Å². The van der Waals surface area contributed by atoms with E-state index in [4.69, 9.17) is 4.74 Å². The van der Waals surface area contributed by atoms with Crippen LogP contribution in [0.5, 0.6) is 11.5 Å². The molecule has 1 aliphatic heterocycles. The van der Waals surface area contributed by atoms with Gasteiger partial charge in [0.15, 0.2) is 0 Å². The zero-order valence-electron chi connectivity index (χ0n) is 21.7. The zero-order chi connectivity index (χ0) is 24.0. The third-order valence-corrected chi connectivity index (χ3v) is 9.33. The lowest BCUT2D eigenvalue weighted by Crippen LogP contribution is -2.35. The Bertz CT molecular complexity index is 1530. The van der Waals surface area contributed by atoms with E-state index in [1.54, 1.807) is 0 Å². The maximum atomic E-state index is 7.09. The number of aromatic nitrogens is 1. The summed E-state index contributed by atoms with van der Waals surface area (Å²) >= 11 is 0. The molecule has 7 rings (SSSR count). The zero-order valence-corrected chi connectivity index (χ0v) is 21.7. The number of rotatable bonds is 3. The molecule has 0 N–H and O–H groups in total. The molecule has 2 fully saturated rings. The van der Waals surface area contributed by atoms with Crippen LogP contribution in [-0.4, -0.2) is 0 Å². The van der Waals surface area contributed by atoms with E-state index in [-0.39, 0.29) is 0 Å². The Labute approximate surface area is 208 Å². The third-order valence-electron chi connectivity index (χ3n) is 9.33. The Balaban J connectivity index is 1.59. The summed E-state index contributed by atoms with van der Waals surface area (Å²) in [6.45, 7) is 9.18. The molecule has 2 nitrogen and oxygen atoms in total. The minimum absolute atomic E-state index is 0.606. The summed E-state index contributed by atoms with van der Waals surface area (Å²) in [7, 11) is 2.24. The first-order valence-electron chi connectivity index (χ1n) is 13.6. The van der Waals surface area contributed by atoms with Crippen molar-refractivity contribution in [2.45, 2.75) is 65.7 Å². The Kier molecular flexibility index (Phi) is 4.63. The molecule has 2 heterocycles. The Morgan fingerprint density at radius 3 is 2.60 bits per heavy atom. The van der Waals surface area contributed by atoms with Gasteiger partial charge in [-0.2, -0.15) is 4.57 Å². The molecule has 2 aliphatic carbocycles. The van der Waals surface area contributed by atoms with E-state index in [9.17, 15) is 0 Å². The van der Waals surface area contributed by atoms with Gasteiger partial charge >= 0.3 is 0 Å². The summed E-state index contributed by atoms with van der Waals surface area (Å²) < 4.78 is 9.50. The van der Waals surface area contributed by atoms with E-state index in [1.807, 2.05) is 0 Å². The van der Waals surface area contributed by atoms with Crippen LogP contribution in [0.3, 0.4) is 0 Å². The van der Waals surface area contributed by atoms with Gasteiger partial charge in [0.25, 0.3) is 5.69 Å². The van der Waals surface area contributed by atoms with E-state index in [0.29, 0.717) is 11.8 Å². The van der Waals surface area contributed by atoms with Gasteiger partial charge in [0, 0.05) is 17.0 Å². The molecule has 35 heavy (non-hydrogen) atoms. The average molecular weight is 463 g/mol. The highest BCUT2D eigenvalue weighted by atomic mass is 16.5. The Morgan fingerprint density at radius 1 is 1.03 bits per heavy atom. The summed E-state index contributed by atoms with van der Waals surface area (Å²) in [5.74, 6) is 5.12. The Hall–Kier alpha value is -2.87. The number of benzene rings is 3. The molecule has 178 valence electrons. The van der Waals surface area contributed by atoms with Crippen LogP contribution in [0.1, 0.15) is 67.7 Å². The maximum absolute atomic E-state index is 7.09. The molecule has 4 aromatic rings. The van der Waals surface area contributed by atoms with Crippen molar-refractivity contribution < 1.29 is 9.30 Å². The molecular formula is C33H36NO+. The molecular weight excluding hydrogens is 426 g/mol. The molecule has 3 unspecified atom stereocenters. The van der Waals surface area contributed by atoms with Crippen LogP contribution in [0.4, 0.5) is 0 Å². The average Bonchev–Trinajstić information content (AvgIpc) is 3.45. The Morgan fingerprint density at radius 2 is 1.86 bits per heavy atom. The number of nitrogens with zero attached hydrogens (tertiary/aromatic N) is 1. The molecule has 0 amide bonds. The summed E-state index contributed by atoms with van der Waals surface area (Å²) in [5.41, 5.74) is 9.58. The van der Waals surface area contributed by atoms with Gasteiger partial charge in [-0.15, -0.1) is 0 Å². The van der Waals surface area contributed by atoms with Crippen molar-refractivity contribution in [3.8, 4) is 22.8 Å². The third kappa shape index (κ3) is 3.05.